The van der Waals surface area contributed by atoms with Crippen LogP contribution in [0.2, 0.25) is 0 Å². The quantitative estimate of drug-likeness (QED) is 0.658. The second-order valence-electron chi connectivity index (χ2n) is 5.30. The molecule has 0 atom stereocenters. The number of ether oxygens (including phenoxy) is 3. The summed E-state index contributed by atoms with van der Waals surface area (Å²) in [7, 11) is 7.11. The summed E-state index contributed by atoms with van der Waals surface area (Å²) in [4.78, 5) is 6.99. The van der Waals surface area contributed by atoms with Gasteiger partial charge in [-0.2, -0.15) is 0 Å². The maximum atomic E-state index is 5.36. The summed E-state index contributed by atoms with van der Waals surface area (Å²) in [5.41, 5.74) is 2.13. The maximum Gasteiger partial charge on any atom is 0.161 e. The van der Waals surface area contributed by atoms with Crippen LogP contribution >= 0.6 is 11.3 Å². The van der Waals surface area contributed by atoms with E-state index in [4.69, 9.17) is 19.2 Å². The molecule has 0 saturated carbocycles. The molecule has 0 aliphatic rings. The van der Waals surface area contributed by atoms with E-state index in [1.807, 2.05) is 18.2 Å². The first-order valence-electron chi connectivity index (χ1n) is 7.52. The molecule has 0 spiro atoms. The molecule has 0 N–H and O–H groups in total. The van der Waals surface area contributed by atoms with Crippen LogP contribution in [0.15, 0.2) is 23.6 Å². The molecule has 6 heteroatoms. The summed E-state index contributed by atoms with van der Waals surface area (Å²) in [5.74, 6) is 1.45. The third-order valence-electron chi connectivity index (χ3n) is 3.50. The molecule has 0 aliphatic carbocycles. The molecule has 126 valence electrons. The molecule has 0 unspecified atom stereocenters. The Morgan fingerprint density at radius 1 is 1.13 bits per heavy atom. The van der Waals surface area contributed by atoms with Crippen LogP contribution in [0.5, 0.6) is 11.5 Å². The molecule has 2 rings (SSSR count). The van der Waals surface area contributed by atoms with E-state index in [1.165, 1.54) is 0 Å². The van der Waals surface area contributed by atoms with E-state index < -0.39 is 0 Å². The Bertz CT molecular complexity index is 616. The third-order valence-corrected chi connectivity index (χ3v) is 4.44. The predicted molar refractivity (Wildman–Crippen MR) is 93.5 cm³/mol. The molecule has 23 heavy (non-hydrogen) atoms. The Morgan fingerprint density at radius 3 is 2.61 bits per heavy atom. The number of hydrogen-bond donors (Lipinski definition) is 0. The van der Waals surface area contributed by atoms with Crippen molar-refractivity contribution in [3.63, 3.8) is 0 Å². The van der Waals surface area contributed by atoms with Crippen molar-refractivity contribution < 1.29 is 14.2 Å². The molecule has 2 aromatic rings. The highest BCUT2D eigenvalue weighted by atomic mass is 32.1. The van der Waals surface area contributed by atoms with Crippen LogP contribution in [0.4, 0.5) is 0 Å². The molecule has 1 aromatic carbocycles. The first-order valence-corrected chi connectivity index (χ1v) is 8.40. The van der Waals surface area contributed by atoms with Crippen molar-refractivity contribution in [2.75, 3.05) is 41.5 Å². The van der Waals surface area contributed by atoms with Gasteiger partial charge in [-0.05, 0) is 31.7 Å². The molecule has 0 amide bonds. The molecule has 0 bridgehead atoms. The largest absolute Gasteiger partial charge is 0.493 e. The van der Waals surface area contributed by atoms with E-state index >= 15 is 0 Å². The second-order valence-corrected chi connectivity index (χ2v) is 6.16. The van der Waals surface area contributed by atoms with Gasteiger partial charge < -0.3 is 19.1 Å². The van der Waals surface area contributed by atoms with Crippen molar-refractivity contribution in [1.29, 1.82) is 0 Å². The van der Waals surface area contributed by atoms with Crippen molar-refractivity contribution in [2.45, 2.75) is 13.0 Å². The van der Waals surface area contributed by atoms with Gasteiger partial charge in [0.1, 0.15) is 5.01 Å². The lowest BCUT2D eigenvalue weighted by atomic mass is 10.2. The number of benzene rings is 1. The van der Waals surface area contributed by atoms with Crippen molar-refractivity contribution in [3.8, 4) is 22.1 Å². The minimum absolute atomic E-state index is 0.721. The fourth-order valence-electron chi connectivity index (χ4n) is 2.32. The standard InChI is InChI=1S/C17H24N2O3S/c1-19(8-5-9-20-2)11-14-12-23-17(18-14)13-6-7-15(21-3)16(10-13)22-4/h6-7,10,12H,5,8-9,11H2,1-4H3. The van der Waals surface area contributed by atoms with Gasteiger partial charge in [0.15, 0.2) is 11.5 Å². The zero-order valence-electron chi connectivity index (χ0n) is 14.2. The topological polar surface area (TPSA) is 43.8 Å². The molecule has 1 aromatic heterocycles. The molecule has 0 saturated heterocycles. The van der Waals surface area contributed by atoms with Gasteiger partial charge in [-0.3, -0.25) is 0 Å². The zero-order chi connectivity index (χ0) is 16.7. The van der Waals surface area contributed by atoms with Gasteiger partial charge in [0.25, 0.3) is 0 Å². The van der Waals surface area contributed by atoms with Gasteiger partial charge in [0, 0.05) is 37.7 Å². The lowest BCUT2D eigenvalue weighted by Gasteiger charge is -2.14. The average molecular weight is 336 g/mol. The van der Waals surface area contributed by atoms with Crippen LogP contribution in [0, 0.1) is 0 Å². The van der Waals surface area contributed by atoms with Crippen molar-refractivity contribution in [1.82, 2.24) is 9.88 Å². The van der Waals surface area contributed by atoms with Gasteiger partial charge in [-0.25, -0.2) is 4.98 Å². The first-order chi connectivity index (χ1) is 11.2. The van der Waals surface area contributed by atoms with Crippen LogP contribution < -0.4 is 9.47 Å². The number of rotatable bonds is 9. The highest BCUT2D eigenvalue weighted by Gasteiger charge is 2.10. The number of methoxy groups -OCH3 is 3. The minimum Gasteiger partial charge on any atom is -0.493 e. The third kappa shape index (κ3) is 4.92. The second kappa shape index (κ2) is 8.86. The molecular weight excluding hydrogens is 312 g/mol. The Morgan fingerprint density at radius 2 is 1.91 bits per heavy atom. The van der Waals surface area contributed by atoms with Crippen molar-refractivity contribution >= 4 is 11.3 Å². The fraction of sp³-hybridized carbons (Fsp3) is 0.471. The van der Waals surface area contributed by atoms with Crippen LogP contribution in [-0.4, -0.2) is 51.4 Å². The minimum atomic E-state index is 0.721. The van der Waals surface area contributed by atoms with Gasteiger partial charge in [0.2, 0.25) is 0 Å². The summed E-state index contributed by atoms with van der Waals surface area (Å²) < 4.78 is 15.7. The number of nitrogens with zero attached hydrogens (tertiary/aromatic N) is 2. The Labute approximate surface area is 141 Å². The van der Waals surface area contributed by atoms with Crippen LogP contribution in [0.1, 0.15) is 12.1 Å². The molecule has 5 nitrogen and oxygen atoms in total. The zero-order valence-corrected chi connectivity index (χ0v) is 15.0. The summed E-state index contributed by atoms with van der Waals surface area (Å²) in [6, 6.07) is 5.88. The molecule has 0 aliphatic heterocycles. The average Bonchev–Trinajstić information content (AvgIpc) is 3.02. The normalized spacial score (nSPS) is 11.0. The van der Waals surface area contributed by atoms with E-state index in [1.54, 1.807) is 32.7 Å². The number of aromatic nitrogens is 1. The molecular formula is C17H24N2O3S. The lowest BCUT2D eigenvalue weighted by molar-refractivity contribution is 0.178. The molecule has 0 fully saturated rings. The van der Waals surface area contributed by atoms with E-state index in [-0.39, 0.29) is 0 Å². The first kappa shape index (κ1) is 17.7. The fourth-order valence-corrected chi connectivity index (χ4v) is 3.12. The highest BCUT2D eigenvalue weighted by Crippen LogP contribution is 2.33. The SMILES string of the molecule is COCCCN(C)Cc1csc(-c2ccc(OC)c(OC)c2)n1. The monoisotopic (exact) mass is 336 g/mol. The number of thiazole rings is 1. The van der Waals surface area contributed by atoms with E-state index in [2.05, 4.69) is 17.3 Å². The Kier molecular flexibility index (Phi) is 6.83. The van der Waals surface area contributed by atoms with Gasteiger partial charge in [-0.1, -0.05) is 0 Å². The van der Waals surface area contributed by atoms with Gasteiger partial charge >= 0.3 is 0 Å². The number of hydrogen-bond acceptors (Lipinski definition) is 6. The van der Waals surface area contributed by atoms with Crippen molar-refractivity contribution in [2.24, 2.45) is 0 Å². The van der Waals surface area contributed by atoms with Crippen molar-refractivity contribution in [3.05, 3.63) is 29.3 Å². The maximum absolute atomic E-state index is 5.36. The van der Waals surface area contributed by atoms with E-state index in [0.29, 0.717) is 0 Å². The lowest BCUT2D eigenvalue weighted by Crippen LogP contribution is -2.20. The van der Waals surface area contributed by atoms with Crippen LogP contribution in [-0.2, 0) is 11.3 Å². The van der Waals surface area contributed by atoms with E-state index in [0.717, 1.165) is 53.9 Å². The summed E-state index contributed by atoms with van der Waals surface area (Å²) >= 11 is 1.65. The highest BCUT2D eigenvalue weighted by molar-refractivity contribution is 7.13. The summed E-state index contributed by atoms with van der Waals surface area (Å²) in [6.45, 7) is 2.63. The molecule has 1 heterocycles. The molecule has 0 radical (unpaired) electrons. The predicted octanol–water partition coefficient (Wildman–Crippen LogP) is 3.30. The van der Waals surface area contributed by atoms with Gasteiger partial charge in [-0.15, -0.1) is 11.3 Å². The Hall–Kier alpha value is -1.63. The van der Waals surface area contributed by atoms with Crippen LogP contribution in [0.3, 0.4) is 0 Å². The Balaban J connectivity index is 2.04. The van der Waals surface area contributed by atoms with Gasteiger partial charge in [0.05, 0.1) is 19.9 Å². The summed E-state index contributed by atoms with van der Waals surface area (Å²) in [5, 5.41) is 3.10. The smallest absolute Gasteiger partial charge is 0.161 e. The summed E-state index contributed by atoms with van der Waals surface area (Å²) in [6.07, 6.45) is 1.03. The van der Waals surface area contributed by atoms with Crippen LogP contribution in [0.25, 0.3) is 10.6 Å². The van der Waals surface area contributed by atoms with E-state index in [9.17, 15) is 0 Å².